The van der Waals surface area contributed by atoms with Gasteiger partial charge in [0.2, 0.25) is 5.91 Å². The summed E-state index contributed by atoms with van der Waals surface area (Å²) in [5.74, 6) is 1.67. The first-order valence-corrected chi connectivity index (χ1v) is 9.83. The number of aliphatic imine (C=N–C) groups is 1. The van der Waals surface area contributed by atoms with Crippen molar-refractivity contribution in [1.29, 1.82) is 0 Å². The Morgan fingerprint density at radius 3 is 2.71 bits per heavy atom. The summed E-state index contributed by atoms with van der Waals surface area (Å²) in [7, 11) is 0. The van der Waals surface area contributed by atoms with Crippen LogP contribution in [0.15, 0.2) is 27.8 Å². The maximum Gasteiger partial charge on any atom is 0.242 e. The van der Waals surface area contributed by atoms with Crippen molar-refractivity contribution in [3.8, 4) is 0 Å². The molecule has 1 aromatic heterocycles. The minimum absolute atomic E-state index is 0. The molecule has 2 unspecified atom stereocenters. The van der Waals surface area contributed by atoms with Crippen molar-refractivity contribution < 1.29 is 13.9 Å². The van der Waals surface area contributed by atoms with Crippen LogP contribution in [0.1, 0.15) is 46.3 Å². The number of carbonyl (C=O) groups is 1. The molecular weight excluding hydrogens is 471 g/mol. The molecular formula is C20H35IN4O3. The number of ether oxygens (including phenoxy) is 1. The summed E-state index contributed by atoms with van der Waals surface area (Å²) in [6.07, 6.45) is 4.03. The molecule has 1 amide bonds. The third-order valence-corrected chi connectivity index (χ3v) is 4.59. The summed E-state index contributed by atoms with van der Waals surface area (Å²) >= 11 is 0. The Morgan fingerprint density at radius 2 is 2.07 bits per heavy atom. The second-order valence-electron chi connectivity index (χ2n) is 7.99. The quantitative estimate of drug-likeness (QED) is 0.301. The van der Waals surface area contributed by atoms with Gasteiger partial charge in [-0.3, -0.25) is 4.79 Å². The highest BCUT2D eigenvalue weighted by Crippen LogP contribution is 2.33. The van der Waals surface area contributed by atoms with Crippen LogP contribution in [0, 0.1) is 11.3 Å². The average molecular weight is 506 g/mol. The van der Waals surface area contributed by atoms with E-state index in [1.165, 1.54) is 0 Å². The van der Waals surface area contributed by atoms with Gasteiger partial charge < -0.3 is 25.1 Å². The molecule has 0 spiro atoms. The van der Waals surface area contributed by atoms with E-state index in [1.54, 1.807) is 12.3 Å². The minimum Gasteiger partial charge on any atom is -0.467 e. The molecule has 0 aliphatic carbocycles. The second kappa shape index (κ2) is 12.3. The van der Waals surface area contributed by atoms with Crippen LogP contribution < -0.4 is 16.0 Å². The number of nitrogens with one attached hydrogen (secondary N) is 3. The number of rotatable bonds is 7. The van der Waals surface area contributed by atoms with E-state index in [9.17, 15) is 4.79 Å². The monoisotopic (exact) mass is 506 g/mol. The number of guanidine groups is 1. The Kier molecular flexibility index (Phi) is 10.9. The lowest BCUT2D eigenvalue weighted by atomic mass is 9.78. The number of amides is 1. The molecule has 160 valence electrons. The van der Waals surface area contributed by atoms with Crippen LogP contribution in [-0.4, -0.2) is 44.2 Å². The van der Waals surface area contributed by atoms with E-state index in [2.05, 4.69) is 41.7 Å². The van der Waals surface area contributed by atoms with E-state index in [4.69, 9.17) is 9.15 Å². The van der Waals surface area contributed by atoms with Gasteiger partial charge in [0.05, 0.1) is 18.9 Å². The molecule has 1 aliphatic heterocycles. The number of carbonyl (C=O) groups excluding carboxylic acids is 1. The number of furan rings is 1. The summed E-state index contributed by atoms with van der Waals surface area (Å²) < 4.78 is 11.2. The first kappa shape index (κ1) is 24.7. The van der Waals surface area contributed by atoms with Gasteiger partial charge in [-0.1, -0.05) is 20.8 Å². The van der Waals surface area contributed by atoms with E-state index >= 15 is 0 Å². The van der Waals surface area contributed by atoms with E-state index in [-0.39, 0.29) is 47.9 Å². The Labute approximate surface area is 185 Å². The van der Waals surface area contributed by atoms with Gasteiger partial charge in [0.25, 0.3) is 0 Å². The van der Waals surface area contributed by atoms with Crippen molar-refractivity contribution in [1.82, 2.24) is 16.0 Å². The summed E-state index contributed by atoms with van der Waals surface area (Å²) in [5, 5.41) is 9.38. The molecule has 0 saturated carbocycles. The molecule has 0 aromatic carbocycles. The highest BCUT2D eigenvalue weighted by Gasteiger charge is 2.35. The molecule has 2 rings (SSSR count). The van der Waals surface area contributed by atoms with Crippen molar-refractivity contribution in [2.75, 3.05) is 26.2 Å². The molecule has 7 nitrogen and oxygen atoms in total. The Morgan fingerprint density at radius 1 is 1.29 bits per heavy atom. The zero-order chi connectivity index (χ0) is 19.7. The van der Waals surface area contributed by atoms with Gasteiger partial charge in [-0.05, 0) is 37.3 Å². The highest BCUT2D eigenvalue weighted by molar-refractivity contribution is 14.0. The minimum atomic E-state index is -0.142. The predicted molar refractivity (Wildman–Crippen MR) is 122 cm³/mol. The molecule has 8 heteroatoms. The zero-order valence-electron chi connectivity index (χ0n) is 17.4. The van der Waals surface area contributed by atoms with Crippen molar-refractivity contribution >= 4 is 35.8 Å². The SMILES string of the molecule is CCNC(=NCC(=O)NCc1ccco1)NCC1CCCOC1C(C)(C)C.I. The first-order valence-electron chi connectivity index (χ1n) is 9.83. The Bertz CT molecular complexity index is 599. The van der Waals surface area contributed by atoms with Crippen molar-refractivity contribution in [3.63, 3.8) is 0 Å². The third-order valence-electron chi connectivity index (χ3n) is 4.59. The van der Waals surface area contributed by atoms with E-state index in [1.807, 2.05) is 13.0 Å². The van der Waals surface area contributed by atoms with Gasteiger partial charge in [0, 0.05) is 25.6 Å². The topological polar surface area (TPSA) is 87.9 Å². The fourth-order valence-corrected chi connectivity index (χ4v) is 3.38. The summed E-state index contributed by atoms with van der Waals surface area (Å²) in [5.41, 5.74) is 0.105. The smallest absolute Gasteiger partial charge is 0.242 e. The van der Waals surface area contributed by atoms with Crippen LogP contribution in [0.25, 0.3) is 0 Å². The molecule has 1 fully saturated rings. The average Bonchev–Trinajstić information content (AvgIpc) is 3.15. The van der Waals surface area contributed by atoms with E-state index < -0.39 is 0 Å². The van der Waals surface area contributed by atoms with Crippen molar-refractivity contribution in [2.24, 2.45) is 16.3 Å². The maximum absolute atomic E-state index is 12.0. The van der Waals surface area contributed by atoms with Gasteiger partial charge in [-0.15, -0.1) is 24.0 Å². The summed E-state index contributed by atoms with van der Waals surface area (Å²) in [6.45, 7) is 11.5. The van der Waals surface area contributed by atoms with Crippen molar-refractivity contribution in [2.45, 2.75) is 53.2 Å². The lowest BCUT2D eigenvalue weighted by Crippen LogP contribution is -2.47. The molecule has 1 aromatic rings. The normalized spacial score (nSPS) is 20.2. The largest absolute Gasteiger partial charge is 0.467 e. The number of halogens is 1. The first-order chi connectivity index (χ1) is 12.9. The molecule has 1 saturated heterocycles. The van der Waals surface area contributed by atoms with Crippen LogP contribution in [0.5, 0.6) is 0 Å². The summed E-state index contributed by atoms with van der Waals surface area (Å²) in [6, 6.07) is 3.62. The number of nitrogens with zero attached hydrogens (tertiary/aromatic N) is 1. The van der Waals surface area contributed by atoms with Crippen LogP contribution >= 0.6 is 24.0 Å². The molecule has 0 bridgehead atoms. The lowest BCUT2D eigenvalue weighted by molar-refractivity contribution is -0.119. The Balaban J connectivity index is 0.00000392. The Hall–Kier alpha value is -1.29. The number of hydrogen-bond donors (Lipinski definition) is 3. The lowest BCUT2D eigenvalue weighted by Gasteiger charge is -2.40. The fraction of sp³-hybridized carbons (Fsp3) is 0.700. The van der Waals surface area contributed by atoms with Gasteiger partial charge >= 0.3 is 0 Å². The molecule has 0 radical (unpaired) electrons. The zero-order valence-corrected chi connectivity index (χ0v) is 19.7. The third kappa shape index (κ3) is 8.38. The van der Waals surface area contributed by atoms with Crippen LogP contribution in [-0.2, 0) is 16.1 Å². The van der Waals surface area contributed by atoms with Crippen LogP contribution in [0.2, 0.25) is 0 Å². The molecule has 2 atom stereocenters. The molecule has 28 heavy (non-hydrogen) atoms. The van der Waals surface area contributed by atoms with Gasteiger partial charge in [-0.25, -0.2) is 4.99 Å². The molecule has 1 aliphatic rings. The van der Waals surface area contributed by atoms with E-state index in [0.29, 0.717) is 18.4 Å². The van der Waals surface area contributed by atoms with Gasteiger partial charge in [0.15, 0.2) is 5.96 Å². The van der Waals surface area contributed by atoms with Crippen LogP contribution in [0.4, 0.5) is 0 Å². The highest BCUT2D eigenvalue weighted by atomic mass is 127. The standard InChI is InChI=1S/C20H34N4O3.HI/c1-5-21-19(24-14-17(25)22-13-16-9-7-10-26-16)23-12-15-8-6-11-27-18(15)20(2,3)4;/h7,9-10,15,18H,5-6,8,11-14H2,1-4H3,(H,22,25)(H2,21,23,24);1H. The van der Waals surface area contributed by atoms with E-state index in [0.717, 1.165) is 38.3 Å². The fourth-order valence-electron chi connectivity index (χ4n) is 3.38. The second-order valence-corrected chi connectivity index (χ2v) is 7.99. The predicted octanol–water partition coefficient (Wildman–Crippen LogP) is 2.91. The molecule has 2 heterocycles. The molecule has 3 N–H and O–H groups in total. The van der Waals surface area contributed by atoms with Gasteiger partial charge in [-0.2, -0.15) is 0 Å². The summed E-state index contributed by atoms with van der Waals surface area (Å²) in [4.78, 5) is 16.4. The maximum atomic E-state index is 12.0. The van der Waals surface area contributed by atoms with Gasteiger partial charge in [0.1, 0.15) is 12.3 Å². The van der Waals surface area contributed by atoms with Crippen molar-refractivity contribution in [3.05, 3.63) is 24.2 Å². The number of hydrogen-bond acceptors (Lipinski definition) is 4. The van der Waals surface area contributed by atoms with Crippen LogP contribution in [0.3, 0.4) is 0 Å².